The van der Waals surface area contributed by atoms with Crippen molar-refractivity contribution in [1.29, 1.82) is 0 Å². The number of aromatic hydroxyl groups is 2. The lowest BCUT2D eigenvalue weighted by Gasteiger charge is -2.47. The molecule has 1 fully saturated rings. The fourth-order valence-electron chi connectivity index (χ4n) is 6.03. The highest BCUT2D eigenvalue weighted by molar-refractivity contribution is 6.30. The van der Waals surface area contributed by atoms with Gasteiger partial charge in [0.15, 0.2) is 12.1 Å². The summed E-state index contributed by atoms with van der Waals surface area (Å²) in [6, 6.07) is 5.22. The van der Waals surface area contributed by atoms with E-state index in [1.165, 1.54) is 24.3 Å². The normalized spacial score (nSPS) is 32.6. The first-order valence-corrected chi connectivity index (χ1v) is 12.8. The number of hydrogen-bond acceptors (Lipinski definition) is 10. The topological polar surface area (TPSA) is 157 Å². The van der Waals surface area contributed by atoms with Crippen LogP contribution in [0.1, 0.15) is 88.3 Å². The number of ether oxygens (including phenoxy) is 2. The van der Waals surface area contributed by atoms with Crippen LogP contribution in [0.2, 0.25) is 0 Å². The molecular formula is C28H33NO9. The molecule has 0 amide bonds. The minimum Gasteiger partial charge on any atom is -0.507 e. The Morgan fingerprint density at radius 2 is 1.82 bits per heavy atom. The van der Waals surface area contributed by atoms with E-state index in [2.05, 4.69) is 0 Å². The molecule has 5 N–H and O–H groups in total. The van der Waals surface area contributed by atoms with Crippen molar-refractivity contribution in [2.45, 2.75) is 75.5 Å². The summed E-state index contributed by atoms with van der Waals surface area (Å²) in [6.07, 6.45) is -4.44. The summed E-state index contributed by atoms with van der Waals surface area (Å²) in [6.45, 7) is 3.42. The monoisotopic (exact) mass is 527 g/mol. The molecule has 1 saturated heterocycles. The van der Waals surface area contributed by atoms with Crippen LogP contribution < -0.4 is 0 Å². The Balaban J connectivity index is 1.64. The first kappa shape index (κ1) is 26.7. The summed E-state index contributed by atoms with van der Waals surface area (Å²) in [5, 5.41) is 55.1. The molecule has 2 aromatic rings. The molecule has 204 valence electrons. The summed E-state index contributed by atoms with van der Waals surface area (Å²) >= 11 is 0. The number of likely N-dealkylation sites (N-methyl/N-ethyl adjacent to an activating group) is 1. The standard InChI is InChI=1S/C28H33NO9/c1-5-28(36)11-18(31)14-9-15-21(25(34)20-13(24(15)33)7-6-8-17(20)30)26(35)22(14)27(28)38-19-10-16(29(3)4)23(32)12(2)37-19/h6-9,12,16,18-19,23,27,30-32,35-36H,5,10-11H2,1-4H3/t12-,16+,18-,19+,23+,27-,28-/m1/s1. The molecule has 10 heteroatoms. The largest absolute Gasteiger partial charge is 0.507 e. The Bertz CT molecular complexity index is 1310. The number of carbonyl (C=O) groups excluding carboxylic acids is 2. The van der Waals surface area contributed by atoms with Gasteiger partial charge in [0.25, 0.3) is 0 Å². The average molecular weight is 528 g/mol. The van der Waals surface area contributed by atoms with Gasteiger partial charge in [0, 0.05) is 35.6 Å². The van der Waals surface area contributed by atoms with Crippen LogP contribution in [0.4, 0.5) is 0 Å². The van der Waals surface area contributed by atoms with Crippen LogP contribution in [-0.4, -0.2) is 86.2 Å². The third-order valence-corrected chi connectivity index (χ3v) is 8.25. The number of fused-ring (bicyclic) bond motifs is 3. The van der Waals surface area contributed by atoms with Crippen molar-refractivity contribution in [1.82, 2.24) is 4.90 Å². The summed E-state index contributed by atoms with van der Waals surface area (Å²) < 4.78 is 12.2. The average Bonchev–Trinajstić information content (AvgIpc) is 2.86. The molecule has 1 heterocycles. The number of nitrogens with zero attached hydrogens (tertiary/aromatic N) is 1. The second-order valence-electron chi connectivity index (χ2n) is 10.7. The molecule has 2 aliphatic carbocycles. The van der Waals surface area contributed by atoms with Crippen LogP contribution in [0.25, 0.3) is 0 Å². The molecule has 0 saturated carbocycles. The van der Waals surface area contributed by atoms with Crippen LogP contribution in [0, 0.1) is 0 Å². The van der Waals surface area contributed by atoms with Crippen molar-refractivity contribution in [3.63, 3.8) is 0 Å². The Labute approximate surface area is 220 Å². The molecule has 7 atom stereocenters. The van der Waals surface area contributed by atoms with E-state index in [9.17, 15) is 35.1 Å². The Hall–Kier alpha value is -2.86. The SMILES string of the molecule is CC[C@@]1(O)C[C@@H](O)c2cc3c(c(O)c2[C@H]1O[C@H]1C[C@H](N(C)C)[C@@H](O)[C@@H](C)O1)C(=O)c1c(O)cccc1C3=O. The third-order valence-electron chi connectivity index (χ3n) is 8.25. The van der Waals surface area contributed by atoms with E-state index in [0.717, 1.165) is 0 Å². The number of carbonyl (C=O) groups is 2. The quantitative estimate of drug-likeness (QED) is 0.340. The summed E-state index contributed by atoms with van der Waals surface area (Å²) in [4.78, 5) is 28.7. The van der Waals surface area contributed by atoms with E-state index < -0.39 is 53.6 Å². The molecule has 0 unspecified atom stereocenters. The van der Waals surface area contributed by atoms with E-state index in [-0.39, 0.29) is 64.4 Å². The molecule has 10 nitrogen and oxygen atoms in total. The maximum absolute atomic E-state index is 13.5. The van der Waals surface area contributed by atoms with Crippen LogP contribution in [-0.2, 0) is 9.47 Å². The fourth-order valence-corrected chi connectivity index (χ4v) is 6.03. The first-order valence-electron chi connectivity index (χ1n) is 12.8. The van der Waals surface area contributed by atoms with E-state index in [1.54, 1.807) is 13.8 Å². The molecule has 0 radical (unpaired) electrons. The van der Waals surface area contributed by atoms with Crippen LogP contribution in [0.3, 0.4) is 0 Å². The minimum atomic E-state index is -1.64. The van der Waals surface area contributed by atoms with Crippen LogP contribution in [0.5, 0.6) is 11.5 Å². The van der Waals surface area contributed by atoms with Gasteiger partial charge in [0.05, 0.1) is 35.0 Å². The zero-order valence-corrected chi connectivity index (χ0v) is 21.7. The molecule has 2 aromatic carbocycles. The molecule has 5 rings (SSSR count). The van der Waals surface area contributed by atoms with Crippen molar-refractivity contribution >= 4 is 11.6 Å². The van der Waals surface area contributed by atoms with Gasteiger partial charge in [-0.05, 0) is 45.1 Å². The van der Waals surface area contributed by atoms with Gasteiger partial charge in [0.2, 0.25) is 5.78 Å². The maximum Gasteiger partial charge on any atom is 0.201 e. The van der Waals surface area contributed by atoms with Gasteiger partial charge >= 0.3 is 0 Å². The van der Waals surface area contributed by atoms with E-state index in [4.69, 9.17) is 9.47 Å². The molecule has 38 heavy (non-hydrogen) atoms. The van der Waals surface area contributed by atoms with Gasteiger partial charge in [-0.15, -0.1) is 0 Å². The van der Waals surface area contributed by atoms with Gasteiger partial charge < -0.3 is 39.9 Å². The molecule has 3 aliphatic rings. The van der Waals surface area contributed by atoms with Crippen molar-refractivity contribution in [2.75, 3.05) is 14.1 Å². The first-order chi connectivity index (χ1) is 17.9. The number of ketones is 2. The lowest BCUT2D eigenvalue weighted by molar-refractivity contribution is -0.279. The van der Waals surface area contributed by atoms with Gasteiger partial charge in [-0.1, -0.05) is 19.1 Å². The lowest BCUT2D eigenvalue weighted by Crippen LogP contribution is -2.54. The number of hydrogen-bond donors (Lipinski definition) is 5. The van der Waals surface area contributed by atoms with Crippen LogP contribution >= 0.6 is 0 Å². The highest BCUT2D eigenvalue weighted by atomic mass is 16.7. The van der Waals surface area contributed by atoms with Gasteiger partial charge in [-0.3, -0.25) is 9.59 Å². The zero-order valence-electron chi connectivity index (χ0n) is 21.7. The van der Waals surface area contributed by atoms with Crippen LogP contribution in [0.15, 0.2) is 24.3 Å². The second kappa shape index (κ2) is 9.41. The Morgan fingerprint density at radius 3 is 2.47 bits per heavy atom. The van der Waals surface area contributed by atoms with E-state index in [1.807, 2.05) is 19.0 Å². The van der Waals surface area contributed by atoms with Gasteiger partial charge in [-0.2, -0.15) is 0 Å². The Kier molecular flexibility index (Phi) is 6.62. The number of aliphatic hydroxyl groups is 3. The van der Waals surface area contributed by atoms with Crippen molar-refractivity contribution < 1.29 is 44.6 Å². The fraction of sp³-hybridized carbons (Fsp3) is 0.500. The molecule has 1 aliphatic heterocycles. The molecule has 0 bridgehead atoms. The number of phenols is 2. The lowest BCUT2D eigenvalue weighted by atomic mass is 9.71. The van der Waals surface area contributed by atoms with Crippen molar-refractivity contribution in [3.05, 3.63) is 57.6 Å². The molecular weight excluding hydrogens is 494 g/mol. The predicted molar refractivity (Wildman–Crippen MR) is 134 cm³/mol. The van der Waals surface area contributed by atoms with Gasteiger partial charge in [0.1, 0.15) is 17.6 Å². The molecule has 0 spiro atoms. The third kappa shape index (κ3) is 3.95. The highest BCUT2D eigenvalue weighted by Crippen LogP contribution is 2.53. The summed E-state index contributed by atoms with van der Waals surface area (Å²) in [5.41, 5.74) is -2.10. The number of aliphatic hydroxyl groups excluding tert-OH is 2. The molecule has 0 aromatic heterocycles. The van der Waals surface area contributed by atoms with E-state index in [0.29, 0.717) is 0 Å². The van der Waals surface area contributed by atoms with E-state index >= 15 is 0 Å². The minimum absolute atomic E-state index is 0.00268. The Morgan fingerprint density at radius 1 is 1.11 bits per heavy atom. The smallest absolute Gasteiger partial charge is 0.201 e. The number of rotatable bonds is 4. The summed E-state index contributed by atoms with van der Waals surface area (Å²) in [5.74, 6) is -2.30. The zero-order chi connectivity index (χ0) is 27.7. The van der Waals surface area contributed by atoms with Crippen molar-refractivity contribution in [3.8, 4) is 11.5 Å². The number of phenolic OH excluding ortho intramolecular Hbond substituents is 2. The maximum atomic E-state index is 13.5. The predicted octanol–water partition coefficient (Wildman–Crippen LogP) is 1.94. The van der Waals surface area contributed by atoms with Gasteiger partial charge in [-0.25, -0.2) is 0 Å². The van der Waals surface area contributed by atoms with Crippen molar-refractivity contribution in [2.24, 2.45) is 0 Å². The second-order valence-corrected chi connectivity index (χ2v) is 10.7. The summed E-state index contributed by atoms with van der Waals surface area (Å²) in [7, 11) is 3.65. The number of benzene rings is 2. The highest BCUT2D eigenvalue weighted by Gasteiger charge is 2.51.